The molecule has 1 amide bonds. The molecule has 9 heteroatoms. The second kappa shape index (κ2) is 8.47. The van der Waals surface area contributed by atoms with E-state index >= 15 is 0 Å². The lowest BCUT2D eigenvalue weighted by Gasteiger charge is -2.31. The summed E-state index contributed by atoms with van der Waals surface area (Å²) in [4.78, 5) is 12.8. The smallest absolute Gasteiger partial charge is 0.264 e. The van der Waals surface area contributed by atoms with E-state index in [4.69, 9.17) is 0 Å². The van der Waals surface area contributed by atoms with Gasteiger partial charge in [-0.3, -0.25) is 9.10 Å². The van der Waals surface area contributed by atoms with Crippen molar-refractivity contribution >= 4 is 15.9 Å². The number of hydrogen-bond acceptors (Lipinski definition) is 5. The van der Waals surface area contributed by atoms with Crippen molar-refractivity contribution in [2.24, 2.45) is 0 Å². The number of carbonyl (C=O) groups excluding carboxylic acids is 1. The van der Waals surface area contributed by atoms with Crippen molar-refractivity contribution in [3.63, 3.8) is 0 Å². The minimum atomic E-state index is -3.90. The molecule has 0 saturated heterocycles. The molecule has 5 rings (SSSR count). The van der Waals surface area contributed by atoms with Crippen LogP contribution in [0.4, 0.5) is 0 Å². The fourth-order valence-electron chi connectivity index (χ4n) is 4.53. The quantitative estimate of drug-likeness (QED) is 0.628. The number of nitrogens with zero attached hydrogens (tertiary/aromatic N) is 4. The molecular weight excluding hydrogens is 438 g/mol. The van der Waals surface area contributed by atoms with Gasteiger partial charge < -0.3 is 5.32 Å². The zero-order valence-electron chi connectivity index (χ0n) is 18.3. The molecule has 1 N–H and O–H groups in total. The number of aryl methyl sites for hydroxylation is 2. The first-order valence-corrected chi connectivity index (χ1v) is 12.4. The summed E-state index contributed by atoms with van der Waals surface area (Å²) in [5, 5.41) is 11.2. The summed E-state index contributed by atoms with van der Waals surface area (Å²) in [7, 11) is -3.90. The molecule has 0 bridgehead atoms. The Hall–Kier alpha value is -3.46. The molecule has 33 heavy (non-hydrogen) atoms. The van der Waals surface area contributed by atoms with Gasteiger partial charge in [-0.1, -0.05) is 47.2 Å². The minimum Gasteiger partial charge on any atom is -0.329 e. The molecule has 170 valence electrons. The van der Waals surface area contributed by atoms with E-state index in [1.54, 1.807) is 24.3 Å². The topological polar surface area (TPSA) is 97.2 Å². The van der Waals surface area contributed by atoms with Gasteiger partial charge in [0.25, 0.3) is 10.0 Å². The molecule has 0 unspecified atom stereocenters. The maximum Gasteiger partial charge on any atom is 0.264 e. The molecule has 1 aromatic heterocycles. The first-order chi connectivity index (χ1) is 15.9. The molecular formula is C24H25N5O3S. The van der Waals surface area contributed by atoms with Crippen molar-refractivity contribution in [1.29, 1.82) is 0 Å². The lowest BCUT2D eigenvalue weighted by Crippen LogP contribution is -2.50. The lowest BCUT2D eigenvalue weighted by molar-refractivity contribution is -0.124. The average molecular weight is 464 g/mol. The van der Waals surface area contributed by atoms with Gasteiger partial charge >= 0.3 is 0 Å². The van der Waals surface area contributed by atoms with E-state index in [1.807, 2.05) is 29.9 Å². The Labute approximate surface area is 193 Å². The van der Waals surface area contributed by atoms with E-state index < -0.39 is 22.0 Å². The summed E-state index contributed by atoms with van der Waals surface area (Å²) >= 11 is 0. The Morgan fingerprint density at radius 2 is 1.91 bits per heavy atom. The third-order valence-corrected chi connectivity index (χ3v) is 8.07. The Bertz CT molecular complexity index is 1310. The number of aromatic nitrogens is 3. The van der Waals surface area contributed by atoms with Crippen LogP contribution in [0.25, 0.3) is 0 Å². The normalized spacial score (nSPS) is 20.4. The third-order valence-electron chi connectivity index (χ3n) is 6.27. The summed E-state index contributed by atoms with van der Waals surface area (Å²) < 4.78 is 29.5. The highest BCUT2D eigenvalue weighted by molar-refractivity contribution is 7.89. The molecule has 2 aliphatic rings. The van der Waals surface area contributed by atoms with Gasteiger partial charge in [-0.15, -0.1) is 5.10 Å². The summed E-state index contributed by atoms with van der Waals surface area (Å²) in [5.74, 6) is -0.397. The van der Waals surface area contributed by atoms with Crippen molar-refractivity contribution in [2.75, 3.05) is 0 Å². The van der Waals surface area contributed by atoms with Crippen LogP contribution in [0.5, 0.6) is 0 Å². The van der Waals surface area contributed by atoms with E-state index in [1.165, 1.54) is 23.5 Å². The molecule has 8 nitrogen and oxygen atoms in total. The second-order valence-corrected chi connectivity index (χ2v) is 10.3. The number of benzene rings is 2. The van der Waals surface area contributed by atoms with Crippen molar-refractivity contribution < 1.29 is 13.2 Å². The number of rotatable bonds is 5. The number of nitrogens with one attached hydrogen (secondary N) is 1. The van der Waals surface area contributed by atoms with Gasteiger partial charge in [0.05, 0.1) is 16.6 Å². The highest BCUT2D eigenvalue weighted by Crippen LogP contribution is 2.32. The predicted molar refractivity (Wildman–Crippen MR) is 123 cm³/mol. The van der Waals surface area contributed by atoms with E-state index in [2.05, 4.69) is 27.8 Å². The van der Waals surface area contributed by atoms with Crippen molar-refractivity contribution in [1.82, 2.24) is 24.6 Å². The van der Waals surface area contributed by atoms with Crippen LogP contribution in [0.3, 0.4) is 0 Å². The zero-order chi connectivity index (χ0) is 23.0. The molecule has 2 aromatic carbocycles. The van der Waals surface area contributed by atoms with Crippen LogP contribution >= 0.6 is 0 Å². The van der Waals surface area contributed by atoms with Gasteiger partial charge in [0.1, 0.15) is 6.04 Å². The van der Waals surface area contributed by atoms with Gasteiger partial charge in [-0.25, -0.2) is 13.1 Å². The van der Waals surface area contributed by atoms with Gasteiger partial charge in [0.15, 0.2) is 0 Å². The Morgan fingerprint density at radius 1 is 1.12 bits per heavy atom. The third kappa shape index (κ3) is 4.04. The monoisotopic (exact) mass is 463 g/mol. The summed E-state index contributed by atoms with van der Waals surface area (Å²) in [5.41, 5.74) is 4.08. The molecule has 0 saturated carbocycles. The van der Waals surface area contributed by atoms with Gasteiger partial charge in [0.2, 0.25) is 5.91 Å². The molecule has 1 aliphatic carbocycles. The first kappa shape index (κ1) is 21.4. The van der Waals surface area contributed by atoms with E-state index in [0.29, 0.717) is 5.69 Å². The SMILES string of the molecule is Cc1ccc(S(=O)(=O)N2C=CNC(=O)[C@H]2Cc2cn([C@@H]3CCCc4ccccc43)nn2)cc1. The Balaban J connectivity index is 1.42. The fourth-order valence-corrected chi connectivity index (χ4v) is 5.98. The van der Waals surface area contributed by atoms with E-state index in [9.17, 15) is 13.2 Å². The summed E-state index contributed by atoms with van der Waals surface area (Å²) in [6, 6.07) is 14.1. The van der Waals surface area contributed by atoms with Crippen LogP contribution in [0.1, 0.15) is 41.3 Å². The van der Waals surface area contributed by atoms with Gasteiger partial charge in [0, 0.05) is 25.0 Å². The van der Waals surface area contributed by atoms with E-state index in [-0.39, 0.29) is 17.4 Å². The predicted octanol–water partition coefficient (Wildman–Crippen LogP) is 2.72. The van der Waals surface area contributed by atoms with Crippen LogP contribution in [-0.2, 0) is 27.7 Å². The van der Waals surface area contributed by atoms with Crippen molar-refractivity contribution in [3.8, 4) is 0 Å². The number of sulfonamides is 1. The van der Waals surface area contributed by atoms with Crippen LogP contribution in [-0.4, -0.2) is 39.7 Å². The fraction of sp³-hybridized carbons (Fsp3) is 0.292. The minimum absolute atomic E-state index is 0.0867. The van der Waals surface area contributed by atoms with Crippen molar-refractivity contribution in [3.05, 3.63) is 89.5 Å². The molecule has 0 fully saturated rings. The molecule has 0 radical (unpaired) electrons. The largest absolute Gasteiger partial charge is 0.329 e. The highest BCUT2D eigenvalue weighted by atomic mass is 32.2. The summed E-state index contributed by atoms with van der Waals surface area (Å²) in [6.45, 7) is 1.89. The number of hydrogen-bond donors (Lipinski definition) is 1. The lowest BCUT2D eigenvalue weighted by atomic mass is 9.88. The maximum atomic E-state index is 13.3. The molecule has 0 spiro atoms. The first-order valence-electron chi connectivity index (χ1n) is 11.0. The second-order valence-electron chi connectivity index (χ2n) is 8.49. The maximum absolute atomic E-state index is 13.3. The van der Waals surface area contributed by atoms with Crippen LogP contribution < -0.4 is 5.32 Å². The number of fused-ring (bicyclic) bond motifs is 1. The van der Waals surface area contributed by atoms with Gasteiger partial charge in [-0.05, 0) is 49.4 Å². The van der Waals surface area contributed by atoms with Crippen LogP contribution in [0.2, 0.25) is 0 Å². The molecule has 3 aromatic rings. The molecule has 2 atom stereocenters. The Morgan fingerprint density at radius 3 is 2.73 bits per heavy atom. The van der Waals surface area contributed by atoms with Crippen molar-refractivity contribution in [2.45, 2.75) is 49.6 Å². The molecule has 2 heterocycles. The molecule has 1 aliphatic heterocycles. The van der Waals surface area contributed by atoms with Gasteiger partial charge in [-0.2, -0.15) is 0 Å². The number of amides is 1. The van der Waals surface area contributed by atoms with Crippen LogP contribution in [0, 0.1) is 6.92 Å². The highest BCUT2D eigenvalue weighted by Gasteiger charge is 2.36. The Kier molecular flexibility index (Phi) is 5.49. The standard InChI is InChI=1S/C24H25N5O3S/c1-17-9-11-20(12-10-17)33(31,32)29-14-13-25-24(30)23(29)15-19-16-28(27-26-19)22-8-4-6-18-5-2-3-7-21(18)22/h2-3,5,7,9-14,16,22-23H,4,6,8,15H2,1H3,(H,25,30)/t22-,23-/m1/s1. The number of carbonyl (C=O) groups is 1. The zero-order valence-corrected chi connectivity index (χ0v) is 19.1. The van der Waals surface area contributed by atoms with E-state index in [0.717, 1.165) is 29.1 Å². The van der Waals surface area contributed by atoms with Crippen LogP contribution in [0.15, 0.2) is 72.0 Å². The summed E-state index contributed by atoms with van der Waals surface area (Å²) in [6.07, 6.45) is 7.76. The average Bonchev–Trinajstić information content (AvgIpc) is 3.28.